The fraction of sp³-hybridized carbons (Fsp3) is 0.650. The molecule has 0 aromatic heterocycles. The van der Waals surface area contributed by atoms with Gasteiger partial charge in [-0.15, -0.1) is 0 Å². The summed E-state index contributed by atoms with van der Waals surface area (Å²) >= 11 is 5.98. The fourth-order valence-corrected chi connectivity index (χ4v) is 6.21. The number of hydrogen-bond acceptors (Lipinski definition) is 3. The summed E-state index contributed by atoms with van der Waals surface area (Å²) in [5.74, 6) is 0.250. The summed E-state index contributed by atoms with van der Waals surface area (Å²) in [5.41, 5.74) is 1.12. The van der Waals surface area contributed by atoms with Crippen molar-refractivity contribution < 1.29 is 13.2 Å². The Morgan fingerprint density at radius 3 is 2.35 bits per heavy atom. The number of halogens is 1. The highest BCUT2D eigenvalue weighted by Crippen LogP contribution is 2.29. The monoisotopic (exact) mass is 397 g/mol. The summed E-state index contributed by atoms with van der Waals surface area (Å²) in [6.07, 6.45) is 8.44. The first-order valence-corrected chi connectivity index (χ1v) is 11.8. The summed E-state index contributed by atoms with van der Waals surface area (Å²) in [4.78, 5) is 12.8. The largest absolute Gasteiger partial charge is 0.352 e. The lowest BCUT2D eigenvalue weighted by molar-refractivity contribution is -0.122. The van der Waals surface area contributed by atoms with Gasteiger partial charge in [-0.2, -0.15) is 0 Å². The van der Waals surface area contributed by atoms with Crippen molar-refractivity contribution in [3.63, 3.8) is 0 Å². The Bertz CT molecular complexity index is 711. The first-order chi connectivity index (χ1) is 12.5. The molecule has 1 saturated heterocycles. The van der Waals surface area contributed by atoms with E-state index < -0.39 is 15.1 Å². The van der Waals surface area contributed by atoms with Crippen LogP contribution in [0.5, 0.6) is 0 Å². The summed E-state index contributed by atoms with van der Waals surface area (Å²) < 4.78 is 24.6. The van der Waals surface area contributed by atoms with Crippen LogP contribution in [0.2, 0.25) is 5.02 Å². The van der Waals surface area contributed by atoms with Gasteiger partial charge in [-0.1, -0.05) is 49.4 Å². The number of amides is 1. The van der Waals surface area contributed by atoms with E-state index in [1.165, 1.54) is 19.3 Å². The molecule has 144 valence electrons. The molecule has 0 unspecified atom stereocenters. The molecule has 1 aliphatic carbocycles. The molecule has 1 saturated carbocycles. The summed E-state index contributed by atoms with van der Waals surface area (Å²) in [7, 11) is -3.31. The predicted octanol–water partition coefficient (Wildman–Crippen LogP) is 3.91. The molecule has 6 heteroatoms. The fourth-order valence-electron chi connectivity index (χ4n) is 4.27. The Morgan fingerprint density at radius 2 is 1.69 bits per heavy atom. The Kier molecular flexibility index (Phi) is 6.62. The van der Waals surface area contributed by atoms with Crippen molar-refractivity contribution in [1.29, 1.82) is 0 Å². The van der Waals surface area contributed by atoms with Crippen molar-refractivity contribution in [2.24, 2.45) is 5.92 Å². The minimum absolute atomic E-state index is 0.0129. The van der Waals surface area contributed by atoms with Gasteiger partial charge in [-0.05, 0) is 55.7 Å². The number of sulfone groups is 1. The maximum atomic E-state index is 12.8. The zero-order valence-corrected chi connectivity index (χ0v) is 16.7. The molecule has 2 atom stereocenters. The topological polar surface area (TPSA) is 63.2 Å². The van der Waals surface area contributed by atoms with E-state index in [0.717, 1.165) is 31.2 Å². The van der Waals surface area contributed by atoms with Crippen molar-refractivity contribution >= 4 is 27.3 Å². The molecule has 0 spiro atoms. The Labute approximate surface area is 161 Å². The summed E-state index contributed by atoms with van der Waals surface area (Å²) in [6, 6.07) is 7.69. The van der Waals surface area contributed by atoms with E-state index in [9.17, 15) is 13.2 Å². The molecule has 26 heavy (non-hydrogen) atoms. The van der Waals surface area contributed by atoms with Gasteiger partial charge < -0.3 is 5.32 Å². The Balaban J connectivity index is 1.74. The van der Waals surface area contributed by atoms with Crippen molar-refractivity contribution in [2.75, 3.05) is 5.75 Å². The molecule has 1 aromatic rings. The highest BCUT2D eigenvalue weighted by molar-refractivity contribution is 7.92. The molecule has 4 nitrogen and oxygen atoms in total. The average molecular weight is 398 g/mol. The summed E-state index contributed by atoms with van der Waals surface area (Å²) in [5, 5.41) is 2.95. The van der Waals surface area contributed by atoms with Crippen LogP contribution in [-0.2, 0) is 21.1 Å². The molecule has 1 amide bonds. The van der Waals surface area contributed by atoms with Gasteiger partial charge in [0.05, 0.1) is 5.75 Å². The van der Waals surface area contributed by atoms with E-state index in [-0.39, 0.29) is 17.7 Å². The maximum Gasteiger partial charge on any atom is 0.238 e. The smallest absolute Gasteiger partial charge is 0.238 e. The van der Waals surface area contributed by atoms with Gasteiger partial charge in [-0.25, -0.2) is 8.42 Å². The Hall–Kier alpha value is -1.07. The number of rotatable bonds is 5. The third-order valence-electron chi connectivity index (χ3n) is 5.79. The SMILES string of the molecule is O=C(N[C@@H](Cc1ccc(Cl)cc1)C1CCCCC1)[C@H]1CCCCS1(=O)=O. The molecule has 1 aliphatic heterocycles. The van der Waals surface area contributed by atoms with E-state index in [2.05, 4.69) is 5.32 Å². The molecule has 1 N–H and O–H groups in total. The quantitative estimate of drug-likeness (QED) is 0.819. The van der Waals surface area contributed by atoms with Crippen LogP contribution in [-0.4, -0.2) is 31.4 Å². The van der Waals surface area contributed by atoms with Crippen LogP contribution in [0.3, 0.4) is 0 Å². The lowest BCUT2D eigenvalue weighted by atomic mass is 9.81. The number of benzene rings is 1. The molecular weight excluding hydrogens is 370 g/mol. The number of hydrogen-bond donors (Lipinski definition) is 1. The number of nitrogens with one attached hydrogen (secondary N) is 1. The lowest BCUT2D eigenvalue weighted by Gasteiger charge is -2.33. The van der Waals surface area contributed by atoms with Crippen LogP contribution in [0.4, 0.5) is 0 Å². The second kappa shape index (κ2) is 8.75. The second-order valence-electron chi connectivity index (χ2n) is 7.70. The summed E-state index contributed by atoms with van der Waals surface area (Å²) in [6.45, 7) is 0. The van der Waals surface area contributed by atoms with Crippen LogP contribution in [0, 0.1) is 5.92 Å². The average Bonchev–Trinajstić information content (AvgIpc) is 2.63. The first-order valence-electron chi connectivity index (χ1n) is 9.72. The highest BCUT2D eigenvalue weighted by Gasteiger charge is 2.36. The minimum Gasteiger partial charge on any atom is -0.352 e. The number of carbonyl (C=O) groups is 1. The zero-order chi connectivity index (χ0) is 18.6. The van der Waals surface area contributed by atoms with E-state index in [0.29, 0.717) is 23.8 Å². The van der Waals surface area contributed by atoms with E-state index in [1.54, 1.807) is 0 Å². The van der Waals surface area contributed by atoms with Gasteiger partial charge in [0.2, 0.25) is 5.91 Å². The minimum atomic E-state index is -3.31. The molecule has 2 aliphatic rings. The van der Waals surface area contributed by atoms with Crippen LogP contribution >= 0.6 is 11.6 Å². The molecule has 0 bridgehead atoms. The van der Waals surface area contributed by atoms with Crippen LogP contribution in [0.1, 0.15) is 56.9 Å². The normalized spacial score (nSPS) is 24.7. The third-order valence-corrected chi connectivity index (χ3v) is 8.21. The van der Waals surface area contributed by atoms with Crippen LogP contribution in [0.25, 0.3) is 0 Å². The van der Waals surface area contributed by atoms with Crippen molar-refractivity contribution in [2.45, 2.75) is 69.1 Å². The van der Waals surface area contributed by atoms with Crippen molar-refractivity contribution in [3.8, 4) is 0 Å². The molecule has 3 rings (SSSR count). The van der Waals surface area contributed by atoms with Crippen molar-refractivity contribution in [3.05, 3.63) is 34.9 Å². The van der Waals surface area contributed by atoms with E-state index in [1.807, 2.05) is 24.3 Å². The molecule has 2 fully saturated rings. The van der Waals surface area contributed by atoms with Gasteiger partial charge in [0, 0.05) is 11.1 Å². The number of carbonyl (C=O) groups excluding carboxylic acids is 1. The molecular formula is C20H28ClNO3S. The van der Waals surface area contributed by atoms with Gasteiger partial charge >= 0.3 is 0 Å². The van der Waals surface area contributed by atoms with E-state index >= 15 is 0 Å². The third kappa shape index (κ3) is 5.01. The van der Waals surface area contributed by atoms with E-state index in [4.69, 9.17) is 11.6 Å². The van der Waals surface area contributed by atoms with Crippen molar-refractivity contribution in [1.82, 2.24) is 5.32 Å². The predicted molar refractivity (Wildman–Crippen MR) is 105 cm³/mol. The van der Waals surface area contributed by atoms with Gasteiger partial charge in [0.15, 0.2) is 9.84 Å². The van der Waals surface area contributed by atoms with Gasteiger partial charge in [0.25, 0.3) is 0 Å². The maximum absolute atomic E-state index is 12.8. The molecule has 0 radical (unpaired) electrons. The van der Waals surface area contributed by atoms with Gasteiger partial charge in [0.1, 0.15) is 5.25 Å². The van der Waals surface area contributed by atoms with Gasteiger partial charge in [-0.3, -0.25) is 4.79 Å². The lowest BCUT2D eigenvalue weighted by Crippen LogP contribution is -2.50. The molecule has 1 aromatic carbocycles. The molecule has 1 heterocycles. The zero-order valence-electron chi connectivity index (χ0n) is 15.1. The first kappa shape index (κ1) is 19.7. The highest BCUT2D eigenvalue weighted by atomic mass is 35.5. The van der Waals surface area contributed by atoms with Crippen LogP contribution in [0.15, 0.2) is 24.3 Å². The van der Waals surface area contributed by atoms with Crippen LogP contribution < -0.4 is 5.32 Å². The second-order valence-corrected chi connectivity index (χ2v) is 10.4. The standard InChI is InChI=1S/C20H28ClNO3S/c21-17-11-9-15(10-12-17)14-18(16-6-2-1-3-7-16)22-20(23)19-8-4-5-13-26(19,24)25/h9-12,16,18-19H,1-8,13-14H2,(H,22,23)/t18-,19+/m0/s1. The Morgan fingerprint density at radius 1 is 1.04 bits per heavy atom.